The lowest BCUT2D eigenvalue weighted by Crippen LogP contribution is -2.23. The fourth-order valence-electron chi connectivity index (χ4n) is 2.64. The molecular formula is C16H20N4. The lowest BCUT2D eigenvalue weighted by atomic mass is 10.3. The molecular weight excluding hydrogens is 248 g/mol. The molecule has 0 aliphatic carbocycles. The van der Waals surface area contributed by atoms with Gasteiger partial charge in [0.05, 0.1) is 0 Å². The first kappa shape index (κ1) is 12.9. The van der Waals surface area contributed by atoms with Gasteiger partial charge in [-0.1, -0.05) is 18.2 Å². The molecule has 2 heterocycles. The predicted octanol–water partition coefficient (Wildman–Crippen LogP) is 3.23. The monoisotopic (exact) mass is 268 g/mol. The van der Waals surface area contributed by atoms with Crippen LogP contribution in [0.25, 0.3) is 0 Å². The van der Waals surface area contributed by atoms with Gasteiger partial charge in [-0.2, -0.15) is 4.98 Å². The van der Waals surface area contributed by atoms with Crippen molar-refractivity contribution >= 4 is 17.5 Å². The standard InChI is InChI=1S/C16H20N4/c1-2-20(14-8-4-3-5-9-14)15-10-11-17-16(18-15)19-12-6-7-13-19/h3-5,8-11H,2,6-7,12-13H2,1H3. The molecule has 1 aromatic carbocycles. The number of aromatic nitrogens is 2. The van der Waals surface area contributed by atoms with Gasteiger partial charge in [0, 0.05) is 31.5 Å². The molecule has 4 heteroatoms. The highest BCUT2D eigenvalue weighted by molar-refractivity contribution is 5.60. The minimum absolute atomic E-state index is 0.856. The summed E-state index contributed by atoms with van der Waals surface area (Å²) in [6.07, 6.45) is 4.34. The highest BCUT2D eigenvalue weighted by atomic mass is 15.3. The molecule has 3 rings (SSSR count). The van der Waals surface area contributed by atoms with Gasteiger partial charge in [0.2, 0.25) is 5.95 Å². The number of nitrogens with zero attached hydrogens (tertiary/aromatic N) is 4. The highest BCUT2D eigenvalue weighted by Crippen LogP contribution is 2.25. The van der Waals surface area contributed by atoms with Gasteiger partial charge in [-0.05, 0) is 38.0 Å². The van der Waals surface area contributed by atoms with Crippen molar-refractivity contribution in [3.63, 3.8) is 0 Å². The smallest absolute Gasteiger partial charge is 0.227 e. The molecule has 0 saturated carbocycles. The van der Waals surface area contributed by atoms with Crippen molar-refractivity contribution < 1.29 is 0 Å². The molecule has 104 valence electrons. The Balaban J connectivity index is 1.90. The van der Waals surface area contributed by atoms with Gasteiger partial charge in [0.1, 0.15) is 5.82 Å². The summed E-state index contributed by atoms with van der Waals surface area (Å²) in [4.78, 5) is 13.6. The Bertz CT molecular complexity index is 549. The van der Waals surface area contributed by atoms with E-state index < -0.39 is 0 Å². The van der Waals surface area contributed by atoms with Gasteiger partial charge in [0.25, 0.3) is 0 Å². The van der Waals surface area contributed by atoms with Gasteiger partial charge >= 0.3 is 0 Å². The average Bonchev–Trinajstić information content (AvgIpc) is 3.04. The molecule has 0 N–H and O–H groups in total. The lowest BCUT2D eigenvalue weighted by Gasteiger charge is -2.23. The number of anilines is 3. The number of benzene rings is 1. The third-order valence-electron chi connectivity index (χ3n) is 3.68. The second-order valence-corrected chi connectivity index (χ2v) is 4.99. The first-order valence-electron chi connectivity index (χ1n) is 7.29. The summed E-state index contributed by atoms with van der Waals surface area (Å²) in [5.74, 6) is 1.82. The molecule has 1 saturated heterocycles. The minimum Gasteiger partial charge on any atom is -0.341 e. The van der Waals surface area contributed by atoms with Crippen molar-refractivity contribution in [1.29, 1.82) is 0 Å². The maximum Gasteiger partial charge on any atom is 0.227 e. The van der Waals surface area contributed by atoms with Crippen molar-refractivity contribution in [3.8, 4) is 0 Å². The molecule has 2 aromatic rings. The van der Waals surface area contributed by atoms with Gasteiger partial charge in [0.15, 0.2) is 0 Å². The van der Waals surface area contributed by atoms with Crippen LogP contribution in [0, 0.1) is 0 Å². The molecule has 0 atom stereocenters. The van der Waals surface area contributed by atoms with E-state index in [1.54, 1.807) is 0 Å². The molecule has 1 fully saturated rings. The van der Waals surface area contributed by atoms with Crippen LogP contribution in [0.3, 0.4) is 0 Å². The Hall–Kier alpha value is -2.10. The van der Waals surface area contributed by atoms with E-state index in [1.165, 1.54) is 18.5 Å². The number of hydrogen-bond acceptors (Lipinski definition) is 4. The SMILES string of the molecule is CCN(c1ccccc1)c1ccnc(N2CCCC2)n1. The highest BCUT2D eigenvalue weighted by Gasteiger charge is 2.16. The summed E-state index contributed by atoms with van der Waals surface area (Å²) in [5.41, 5.74) is 1.17. The van der Waals surface area contributed by atoms with E-state index in [0.717, 1.165) is 31.4 Å². The van der Waals surface area contributed by atoms with Crippen LogP contribution in [-0.4, -0.2) is 29.6 Å². The van der Waals surface area contributed by atoms with E-state index in [-0.39, 0.29) is 0 Å². The zero-order chi connectivity index (χ0) is 13.8. The lowest BCUT2D eigenvalue weighted by molar-refractivity contribution is 0.884. The number of rotatable bonds is 4. The molecule has 20 heavy (non-hydrogen) atoms. The fourth-order valence-corrected chi connectivity index (χ4v) is 2.64. The molecule has 0 spiro atoms. The normalized spacial score (nSPS) is 14.6. The summed E-state index contributed by atoms with van der Waals surface area (Å²) in [6, 6.07) is 12.4. The second-order valence-electron chi connectivity index (χ2n) is 4.99. The van der Waals surface area contributed by atoms with E-state index in [2.05, 4.69) is 46.0 Å². The molecule has 0 unspecified atom stereocenters. The summed E-state index contributed by atoms with van der Waals surface area (Å²) in [6.45, 7) is 5.17. The molecule has 0 amide bonds. The molecule has 0 bridgehead atoms. The van der Waals surface area contributed by atoms with Crippen LogP contribution in [-0.2, 0) is 0 Å². The van der Waals surface area contributed by atoms with Crippen LogP contribution < -0.4 is 9.80 Å². The predicted molar refractivity (Wildman–Crippen MR) is 82.6 cm³/mol. The first-order valence-corrected chi connectivity index (χ1v) is 7.29. The largest absolute Gasteiger partial charge is 0.341 e. The summed E-state index contributed by atoms with van der Waals surface area (Å²) in [5, 5.41) is 0. The van der Waals surface area contributed by atoms with Crippen LogP contribution in [0.2, 0.25) is 0 Å². The fraction of sp³-hybridized carbons (Fsp3) is 0.375. The zero-order valence-electron chi connectivity index (χ0n) is 11.9. The molecule has 0 radical (unpaired) electrons. The van der Waals surface area contributed by atoms with Crippen molar-refractivity contribution in [3.05, 3.63) is 42.6 Å². The minimum atomic E-state index is 0.856. The van der Waals surface area contributed by atoms with Gasteiger partial charge in [-0.15, -0.1) is 0 Å². The van der Waals surface area contributed by atoms with Crippen molar-refractivity contribution in [2.45, 2.75) is 19.8 Å². The Morgan fingerprint density at radius 3 is 2.55 bits per heavy atom. The quantitative estimate of drug-likeness (QED) is 0.852. The average molecular weight is 268 g/mol. The maximum atomic E-state index is 4.74. The van der Waals surface area contributed by atoms with E-state index in [0.29, 0.717) is 0 Å². The zero-order valence-corrected chi connectivity index (χ0v) is 11.9. The van der Waals surface area contributed by atoms with Crippen LogP contribution in [0.4, 0.5) is 17.5 Å². The Labute approximate surface area is 120 Å². The first-order chi connectivity index (χ1) is 9.88. The van der Waals surface area contributed by atoms with Crippen molar-refractivity contribution in [1.82, 2.24) is 9.97 Å². The van der Waals surface area contributed by atoms with Crippen molar-refractivity contribution in [2.75, 3.05) is 29.4 Å². The van der Waals surface area contributed by atoms with Crippen LogP contribution in [0.1, 0.15) is 19.8 Å². The summed E-state index contributed by atoms with van der Waals surface area (Å²) >= 11 is 0. The van der Waals surface area contributed by atoms with Crippen LogP contribution >= 0.6 is 0 Å². The summed E-state index contributed by atoms with van der Waals surface area (Å²) < 4.78 is 0. The second kappa shape index (κ2) is 5.90. The molecule has 1 aliphatic rings. The summed E-state index contributed by atoms with van der Waals surface area (Å²) in [7, 11) is 0. The topological polar surface area (TPSA) is 32.3 Å². The van der Waals surface area contributed by atoms with E-state index in [9.17, 15) is 0 Å². The number of hydrogen-bond donors (Lipinski definition) is 0. The van der Waals surface area contributed by atoms with Gasteiger partial charge < -0.3 is 9.80 Å². The van der Waals surface area contributed by atoms with Crippen molar-refractivity contribution in [2.24, 2.45) is 0 Å². The molecule has 1 aromatic heterocycles. The molecule has 4 nitrogen and oxygen atoms in total. The van der Waals surface area contributed by atoms with E-state index in [1.807, 2.05) is 18.3 Å². The molecule has 1 aliphatic heterocycles. The van der Waals surface area contributed by atoms with Crippen LogP contribution in [0.5, 0.6) is 0 Å². The maximum absolute atomic E-state index is 4.74. The van der Waals surface area contributed by atoms with E-state index >= 15 is 0 Å². The van der Waals surface area contributed by atoms with E-state index in [4.69, 9.17) is 4.98 Å². The van der Waals surface area contributed by atoms with Gasteiger partial charge in [-0.25, -0.2) is 4.98 Å². The Morgan fingerprint density at radius 2 is 1.85 bits per heavy atom. The van der Waals surface area contributed by atoms with Gasteiger partial charge in [-0.3, -0.25) is 0 Å². The third kappa shape index (κ3) is 2.59. The number of para-hydroxylation sites is 1. The Kier molecular flexibility index (Phi) is 3.81. The third-order valence-corrected chi connectivity index (χ3v) is 3.68. The van der Waals surface area contributed by atoms with Crippen LogP contribution in [0.15, 0.2) is 42.6 Å². The Morgan fingerprint density at radius 1 is 1.10 bits per heavy atom.